The Bertz CT molecular complexity index is 405. The standard InChI is InChI=1S/C8H20O7P2.H3O4P/c1-2-3-4-5-6-7-8-14-17(12,13)15-16(9,10)11;1-5(2,3)4/h2-8H2,1H3,(H,12,13)(H2,9,10,11);(H3,1,2,3,4). The van der Waals surface area contributed by atoms with Crippen molar-refractivity contribution in [2.75, 3.05) is 6.61 Å². The van der Waals surface area contributed by atoms with Gasteiger partial charge in [0.05, 0.1) is 6.61 Å². The summed E-state index contributed by atoms with van der Waals surface area (Å²) in [5, 5.41) is 0. The van der Waals surface area contributed by atoms with Crippen LogP contribution in [0.25, 0.3) is 0 Å². The summed E-state index contributed by atoms with van der Waals surface area (Å²) in [6.07, 6.45) is 5.80. The Kier molecular flexibility index (Phi) is 13.2. The average Bonchev–Trinajstić information content (AvgIpc) is 2.22. The van der Waals surface area contributed by atoms with Gasteiger partial charge in [0.1, 0.15) is 0 Å². The van der Waals surface area contributed by atoms with Gasteiger partial charge < -0.3 is 29.4 Å². The number of hydrogen-bond donors (Lipinski definition) is 6. The van der Waals surface area contributed by atoms with Crippen molar-refractivity contribution in [3.8, 4) is 0 Å². The Morgan fingerprint density at radius 3 is 1.59 bits per heavy atom. The maximum Gasteiger partial charge on any atom is 0.481 e. The zero-order valence-electron chi connectivity index (χ0n) is 12.0. The van der Waals surface area contributed by atoms with E-state index in [0.717, 1.165) is 32.1 Å². The Morgan fingerprint density at radius 1 is 0.773 bits per heavy atom. The molecule has 0 spiro atoms. The third-order valence-electron chi connectivity index (χ3n) is 1.96. The summed E-state index contributed by atoms with van der Waals surface area (Å²) in [5.41, 5.74) is 0. The summed E-state index contributed by atoms with van der Waals surface area (Å²) < 4.78 is 38.2. The summed E-state index contributed by atoms with van der Waals surface area (Å²) >= 11 is 0. The molecule has 0 aromatic rings. The first kappa shape index (κ1) is 24.6. The molecule has 0 bridgehead atoms. The number of phosphoric acid groups is 3. The second-order valence-corrected chi connectivity index (χ2v) is 8.01. The lowest BCUT2D eigenvalue weighted by Crippen LogP contribution is -1.96. The van der Waals surface area contributed by atoms with Crippen molar-refractivity contribution in [2.45, 2.75) is 45.4 Å². The Labute approximate surface area is 128 Å². The number of phosphoric ester groups is 1. The predicted molar refractivity (Wildman–Crippen MR) is 76.5 cm³/mol. The van der Waals surface area contributed by atoms with Crippen molar-refractivity contribution in [3.63, 3.8) is 0 Å². The van der Waals surface area contributed by atoms with Gasteiger partial charge in [-0.1, -0.05) is 39.0 Å². The summed E-state index contributed by atoms with van der Waals surface area (Å²) in [6.45, 7) is 2.05. The molecule has 0 aromatic carbocycles. The SMILES string of the molecule is CCCCCCCCOP(=O)(O)OP(=O)(O)O.O=P(O)(O)O. The highest BCUT2D eigenvalue weighted by molar-refractivity contribution is 7.60. The highest BCUT2D eigenvalue weighted by atomic mass is 31.3. The fourth-order valence-electron chi connectivity index (χ4n) is 1.22. The van der Waals surface area contributed by atoms with E-state index in [0.29, 0.717) is 6.42 Å². The lowest BCUT2D eigenvalue weighted by Gasteiger charge is -2.12. The molecule has 1 unspecified atom stereocenters. The first-order valence-corrected chi connectivity index (χ1v) is 10.9. The summed E-state index contributed by atoms with van der Waals surface area (Å²) in [7, 11) is -14.3. The molecular weight excluding hydrogens is 365 g/mol. The van der Waals surface area contributed by atoms with Crippen LogP contribution in [0.2, 0.25) is 0 Å². The fourth-order valence-corrected chi connectivity index (χ4v) is 2.84. The van der Waals surface area contributed by atoms with Crippen molar-refractivity contribution < 1.29 is 51.9 Å². The molecule has 0 aliphatic heterocycles. The molecule has 0 rings (SSSR count). The maximum atomic E-state index is 11.0. The number of rotatable bonds is 10. The molecule has 136 valence electrons. The van der Waals surface area contributed by atoms with Gasteiger partial charge in [-0.2, -0.15) is 4.31 Å². The molecule has 0 aliphatic rings. The normalized spacial score (nSPS) is 14.9. The van der Waals surface area contributed by atoms with Gasteiger partial charge >= 0.3 is 23.5 Å². The second kappa shape index (κ2) is 11.8. The van der Waals surface area contributed by atoms with Crippen molar-refractivity contribution in [2.24, 2.45) is 0 Å². The Balaban J connectivity index is 0. The van der Waals surface area contributed by atoms with Crippen LogP contribution in [0, 0.1) is 0 Å². The van der Waals surface area contributed by atoms with Gasteiger partial charge in [-0.25, -0.2) is 13.7 Å². The average molecular weight is 388 g/mol. The fraction of sp³-hybridized carbons (Fsp3) is 1.00. The zero-order valence-corrected chi connectivity index (χ0v) is 14.7. The van der Waals surface area contributed by atoms with Gasteiger partial charge in [0.2, 0.25) is 0 Å². The first-order valence-electron chi connectivity index (χ1n) is 6.29. The highest BCUT2D eigenvalue weighted by Gasteiger charge is 2.31. The molecule has 1 atom stereocenters. The molecule has 6 N–H and O–H groups in total. The van der Waals surface area contributed by atoms with Crippen LogP contribution >= 0.6 is 23.5 Å². The summed E-state index contributed by atoms with van der Waals surface area (Å²) in [4.78, 5) is 47.1. The lowest BCUT2D eigenvalue weighted by atomic mass is 10.1. The van der Waals surface area contributed by atoms with E-state index in [4.69, 9.17) is 33.9 Å². The molecule has 0 radical (unpaired) electrons. The molecule has 11 nitrogen and oxygen atoms in total. The highest BCUT2D eigenvalue weighted by Crippen LogP contribution is 2.57. The Hall–Kier alpha value is 0.370. The van der Waals surface area contributed by atoms with Gasteiger partial charge in [0.15, 0.2) is 0 Å². The number of hydrogen-bond acceptors (Lipinski definition) is 5. The van der Waals surface area contributed by atoms with E-state index in [-0.39, 0.29) is 6.61 Å². The molecular formula is C8H23O11P3. The summed E-state index contributed by atoms with van der Waals surface area (Å²) in [5.74, 6) is 0. The predicted octanol–water partition coefficient (Wildman–Crippen LogP) is 1.64. The van der Waals surface area contributed by atoms with Crippen LogP contribution in [0.1, 0.15) is 45.4 Å². The summed E-state index contributed by atoms with van der Waals surface area (Å²) in [6, 6.07) is 0. The van der Waals surface area contributed by atoms with Crippen LogP contribution < -0.4 is 0 Å². The largest absolute Gasteiger partial charge is 0.481 e. The molecule has 0 amide bonds. The molecule has 0 heterocycles. The minimum Gasteiger partial charge on any atom is -0.303 e. The van der Waals surface area contributed by atoms with Crippen LogP contribution in [0.3, 0.4) is 0 Å². The van der Waals surface area contributed by atoms with E-state index >= 15 is 0 Å². The molecule has 0 saturated heterocycles. The third-order valence-corrected chi connectivity index (χ3v) is 4.15. The van der Waals surface area contributed by atoms with E-state index < -0.39 is 23.5 Å². The monoisotopic (exact) mass is 388 g/mol. The second-order valence-electron chi connectivity index (χ2n) is 4.16. The molecule has 0 aromatic heterocycles. The molecule has 22 heavy (non-hydrogen) atoms. The lowest BCUT2D eigenvalue weighted by molar-refractivity contribution is 0.175. The molecule has 0 saturated carbocycles. The van der Waals surface area contributed by atoms with E-state index in [2.05, 4.69) is 15.8 Å². The van der Waals surface area contributed by atoms with Crippen LogP contribution in [0.15, 0.2) is 0 Å². The van der Waals surface area contributed by atoms with Crippen LogP contribution in [-0.2, 0) is 22.5 Å². The topological polar surface area (TPSA) is 191 Å². The smallest absolute Gasteiger partial charge is 0.303 e. The minimum atomic E-state index is -5.00. The van der Waals surface area contributed by atoms with E-state index in [1.807, 2.05) is 0 Å². The Morgan fingerprint density at radius 2 is 1.18 bits per heavy atom. The molecule has 0 fully saturated rings. The molecule has 0 aliphatic carbocycles. The van der Waals surface area contributed by atoms with Crippen LogP contribution in [0.4, 0.5) is 0 Å². The van der Waals surface area contributed by atoms with Crippen molar-refractivity contribution in [1.82, 2.24) is 0 Å². The van der Waals surface area contributed by atoms with Gasteiger partial charge in [-0.05, 0) is 6.42 Å². The van der Waals surface area contributed by atoms with E-state index in [1.165, 1.54) is 0 Å². The maximum absolute atomic E-state index is 11.0. The van der Waals surface area contributed by atoms with Gasteiger partial charge in [0.25, 0.3) is 0 Å². The third kappa shape index (κ3) is 28.5. The van der Waals surface area contributed by atoms with Gasteiger partial charge in [0, 0.05) is 0 Å². The van der Waals surface area contributed by atoms with Crippen molar-refractivity contribution >= 4 is 23.5 Å². The van der Waals surface area contributed by atoms with E-state index in [9.17, 15) is 9.13 Å². The van der Waals surface area contributed by atoms with Crippen molar-refractivity contribution in [3.05, 3.63) is 0 Å². The van der Waals surface area contributed by atoms with Gasteiger partial charge in [-0.15, -0.1) is 0 Å². The number of unbranched alkanes of at least 4 members (excludes halogenated alkanes) is 5. The van der Waals surface area contributed by atoms with Gasteiger partial charge in [-0.3, -0.25) is 4.52 Å². The minimum absolute atomic E-state index is 0.0557. The zero-order chi connectivity index (χ0) is 17.9. The van der Waals surface area contributed by atoms with Crippen LogP contribution in [-0.4, -0.2) is 36.0 Å². The van der Waals surface area contributed by atoms with Crippen LogP contribution in [0.5, 0.6) is 0 Å². The quantitative estimate of drug-likeness (QED) is 0.235. The van der Waals surface area contributed by atoms with E-state index in [1.54, 1.807) is 0 Å². The molecule has 14 heteroatoms. The first-order chi connectivity index (χ1) is 9.77. The van der Waals surface area contributed by atoms with Crippen molar-refractivity contribution in [1.29, 1.82) is 0 Å².